The van der Waals surface area contributed by atoms with E-state index in [-0.39, 0.29) is 9.50 Å². The maximum Gasteiger partial charge on any atom is 0.314 e. The molecule has 0 aromatic heterocycles. The van der Waals surface area contributed by atoms with Crippen molar-refractivity contribution in [2.24, 2.45) is 0 Å². The van der Waals surface area contributed by atoms with E-state index in [4.69, 9.17) is 16.7 Å². The third-order valence-electron chi connectivity index (χ3n) is 2.70. The van der Waals surface area contributed by atoms with Crippen LogP contribution in [0.3, 0.4) is 0 Å². The van der Waals surface area contributed by atoms with E-state index in [1.807, 2.05) is 0 Å². The fourth-order valence-electron chi connectivity index (χ4n) is 1.58. The fourth-order valence-corrected chi connectivity index (χ4v) is 2.38. The van der Waals surface area contributed by atoms with Gasteiger partial charge in [-0.25, -0.2) is 4.39 Å². The summed E-state index contributed by atoms with van der Waals surface area (Å²) in [5.74, 6) is -1.43. The minimum atomic E-state index is -0.878. The summed E-state index contributed by atoms with van der Waals surface area (Å²) < 4.78 is 13.4. The molecule has 2 rings (SSSR count). The zero-order valence-corrected chi connectivity index (χ0v) is 9.90. The molecular weight excluding hydrogens is 286 g/mol. The summed E-state index contributed by atoms with van der Waals surface area (Å²) in [7, 11) is 0. The number of carboxylic acids is 1. The van der Waals surface area contributed by atoms with Crippen LogP contribution in [0.4, 0.5) is 4.39 Å². The molecule has 0 bridgehead atoms. The number of halogens is 3. The predicted molar refractivity (Wildman–Crippen MR) is 57.7 cm³/mol. The minimum Gasteiger partial charge on any atom is -0.481 e. The standard InChI is InChI=1S/C10H7BrClFO2/c11-6-3-5(4-7(12)8(6)13)10(1-2-10)9(14)15/h3-4H,1-2H2,(H,14,15). The Kier molecular flexibility index (Phi) is 2.51. The summed E-state index contributed by atoms with van der Waals surface area (Å²) in [5, 5.41) is 9.01. The van der Waals surface area contributed by atoms with E-state index in [0.29, 0.717) is 18.4 Å². The third kappa shape index (κ3) is 1.66. The second-order valence-corrected chi connectivity index (χ2v) is 4.90. The van der Waals surface area contributed by atoms with Crippen LogP contribution in [0.15, 0.2) is 16.6 Å². The van der Waals surface area contributed by atoms with Gasteiger partial charge >= 0.3 is 5.97 Å². The lowest BCUT2D eigenvalue weighted by molar-refractivity contribution is -0.140. The predicted octanol–water partition coefficient (Wildman–Crippen LogP) is 3.36. The lowest BCUT2D eigenvalue weighted by Crippen LogP contribution is -2.19. The molecule has 1 fully saturated rings. The van der Waals surface area contributed by atoms with E-state index < -0.39 is 17.2 Å². The Balaban J connectivity index is 2.51. The van der Waals surface area contributed by atoms with Crippen molar-refractivity contribution in [1.29, 1.82) is 0 Å². The summed E-state index contributed by atoms with van der Waals surface area (Å²) in [5.41, 5.74) is -0.284. The highest BCUT2D eigenvalue weighted by Crippen LogP contribution is 2.49. The Morgan fingerprint density at radius 2 is 2.13 bits per heavy atom. The number of carboxylic acid groups (broad SMARTS) is 1. The fraction of sp³-hybridized carbons (Fsp3) is 0.300. The van der Waals surface area contributed by atoms with E-state index in [0.717, 1.165) is 0 Å². The molecule has 5 heteroatoms. The Morgan fingerprint density at radius 1 is 1.53 bits per heavy atom. The first kappa shape index (κ1) is 10.9. The summed E-state index contributed by atoms with van der Waals surface area (Å²) in [6, 6.07) is 2.88. The molecular formula is C10H7BrClFO2. The number of aliphatic carboxylic acids is 1. The maximum atomic E-state index is 13.2. The Bertz CT molecular complexity index is 420. The van der Waals surface area contributed by atoms with Gasteiger partial charge in [0, 0.05) is 0 Å². The average Bonchev–Trinajstić information content (AvgIpc) is 2.93. The van der Waals surface area contributed by atoms with E-state index in [1.54, 1.807) is 0 Å². The van der Waals surface area contributed by atoms with Crippen LogP contribution in [-0.4, -0.2) is 11.1 Å². The molecule has 1 aliphatic carbocycles. The zero-order valence-electron chi connectivity index (χ0n) is 7.56. The van der Waals surface area contributed by atoms with Crippen LogP contribution in [0.2, 0.25) is 5.02 Å². The summed E-state index contributed by atoms with van der Waals surface area (Å²) >= 11 is 8.67. The van der Waals surface area contributed by atoms with Gasteiger partial charge in [0.15, 0.2) is 5.82 Å². The molecule has 15 heavy (non-hydrogen) atoms. The normalized spacial score (nSPS) is 17.5. The summed E-state index contributed by atoms with van der Waals surface area (Å²) in [6.07, 6.45) is 1.16. The maximum absolute atomic E-state index is 13.2. The molecule has 1 aliphatic rings. The van der Waals surface area contributed by atoms with Gasteiger partial charge in [0.1, 0.15) is 0 Å². The van der Waals surface area contributed by atoms with Crippen molar-refractivity contribution >= 4 is 33.5 Å². The quantitative estimate of drug-likeness (QED) is 0.849. The first-order valence-electron chi connectivity index (χ1n) is 4.36. The number of rotatable bonds is 2. The summed E-state index contributed by atoms with van der Waals surface area (Å²) in [6.45, 7) is 0. The van der Waals surface area contributed by atoms with Crippen LogP contribution in [-0.2, 0) is 10.2 Å². The van der Waals surface area contributed by atoms with Crippen molar-refractivity contribution in [2.75, 3.05) is 0 Å². The molecule has 80 valence electrons. The smallest absolute Gasteiger partial charge is 0.314 e. The van der Waals surface area contributed by atoms with Crippen molar-refractivity contribution in [3.8, 4) is 0 Å². The van der Waals surface area contributed by atoms with E-state index in [9.17, 15) is 9.18 Å². The monoisotopic (exact) mass is 292 g/mol. The molecule has 0 amide bonds. The first-order chi connectivity index (χ1) is 6.97. The molecule has 1 aromatic carbocycles. The zero-order chi connectivity index (χ0) is 11.2. The average molecular weight is 294 g/mol. The van der Waals surface area contributed by atoms with Crippen LogP contribution >= 0.6 is 27.5 Å². The van der Waals surface area contributed by atoms with Gasteiger partial charge in [-0.05, 0) is 46.5 Å². The largest absolute Gasteiger partial charge is 0.481 e. The lowest BCUT2D eigenvalue weighted by Gasteiger charge is -2.11. The van der Waals surface area contributed by atoms with Crippen LogP contribution in [0.25, 0.3) is 0 Å². The van der Waals surface area contributed by atoms with Crippen molar-refractivity contribution in [3.05, 3.63) is 33.0 Å². The van der Waals surface area contributed by atoms with Crippen LogP contribution < -0.4 is 0 Å². The van der Waals surface area contributed by atoms with E-state index >= 15 is 0 Å². The molecule has 0 aliphatic heterocycles. The van der Waals surface area contributed by atoms with Gasteiger partial charge in [-0.1, -0.05) is 11.6 Å². The van der Waals surface area contributed by atoms with Gasteiger partial charge in [-0.2, -0.15) is 0 Å². The Labute approximate surface area is 99.2 Å². The molecule has 0 unspecified atom stereocenters. The number of benzene rings is 1. The topological polar surface area (TPSA) is 37.3 Å². The van der Waals surface area contributed by atoms with Crippen LogP contribution in [0, 0.1) is 5.82 Å². The second kappa shape index (κ2) is 3.46. The molecule has 0 radical (unpaired) electrons. The highest BCUT2D eigenvalue weighted by Gasteiger charge is 2.52. The molecule has 1 saturated carbocycles. The number of hydrogen-bond donors (Lipinski definition) is 1. The van der Waals surface area contributed by atoms with E-state index in [2.05, 4.69) is 15.9 Å². The molecule has 0 atom stereocenters. The van der Waals surface area contributed by atoms with Gasteiger partial charge in [0.05, 0.1) is 14.9 Å². The summed E-state index contributed by atoms with van der Waals surface area (Å²) in [4.78, 5) is 11.0. The Hall–Kier alpha value is -0.610. The molecule has 1 N–H and O–H groups in total. The number of hydrogen-bond acceptors (Lipinski definition) is 1. The van der Waals surface area contributed by atoms with Crippen molar-refractivity contribution in [1.82, 2.24) is 0 Å². The lowest BCUT2D eigenvalue weighted by atomic mass is 9.96. The van der Waals surface area contributed by atoms with Gasteiger partial charge in [-0.15, -0.1) is 0 Å². The SMILES string of the molecule is O=C(O)C1(c2cc(Cl)c(F)c(Br)c2)CC1. The molecule has 0 heterocycles. The van der Waals surface area contributed by atoms with Crippen molar-refractivity contribution in [2.45, 2.75) is 18.3 Å². The highest BCUT2D eigenvalue weighted by atomic mass is 79.9. The third-order valence-corrected chi connectivity index (χ3v) is 3.55. The van der Waals surface area contributed by atoms with Gasteiger partial charge < -0.3 is 5.11 Å². The van der Waals surface area contributed by atoms with Gasteiger partial charge in [0.25, 0.3) is 0 Å². The van der Waals surface area contributed by atoms with E-state index in [1.165, 1.54) is 12.1 Å². The van der Waals surface area contributed by atoms with Gasteiger partial charge in [0.2, 0.25) is 0 Å². The molecule has 0 spiro atoms. The Morgan fingerprint density at radius 3 is 2.53 bits per heavy atom. The van der Waals surface area contributed by atoms with Crippen molar-refractivity contribution < 1.29 is 14.3 Å². The second-order valence-electron chi connectivity index (χ2n) is 3.64. The van der Waals surface area contributed by atoms with Crippen molar-refractivity contribution in [3.63, 3.8) is 0 Å². The molecule has 0 saturated heterocycles. The van der Waals surface area contributed by atoms with Crippen LogP contribution in [0.1, 0.15) is 18.4 Å². The molecule has 1 aromatic rings. The highest BCUT2D eigenvalue weighted by molar-refractivity contribution is 9.10. The van der Waals surface area contributed by atoms with Crippen LogP contribution in [0.5, 0.6) is 0 Å². The number of carbonyl (C=O) groups is 1. The molecule has 2 nitrogen and oxygen atoms in total. The first-order valence-corrected chi connectivity index (χ1v) is 5.53. The minimum absolute atomic E-state index is 0.0492. The van der Waals surface area contributed by atoms with Gasteiger partial charge in [-0.3, -0.25) is 4.79 Å².